The number of carbonyl (C=O) groups excluding carboxylic acids is 2. The van der Waals surface area contributed by atoms with E-state index in [1.807, 2.05) is 6.07 Å². The molecule has 1 N–H and O–H groups in total. The first-order valence-corrected chi connectivity index (χ1v) is 7.40. The Kier molecular flexibility index (Phi) is 6.44. The normalized spacial score (nSPS) is 9.96. The number of nitrogens with one attached hydrogen (secondary N) is 1. The van der Waals surface area contributed by atoms with Crippen molar-refractivity contribution in [3.63, 3.8) is 0 Å². The highest BCUT2D eigenvalue weighted by Crippen LogP contribution is 2.15. The van der Waals surface area contributed by atoms with Gasteiger partial charge in [0.15, 0.2) is 0 Å². The fraction of sp³-hybridized carbons (Fsp3) is 0.176. The maximum absolute atomic E-state index is 11.7. The fourth-order valence-corrected chi connectivity index (χ4v) is 1.87. The second kappa shape index (κ2) is 8.80. The molecule has 0 bridgehead atoms. The van der Waals surface area contributed by atoms with E-state index in [1.165, 1.54) is 0 Å². The van der Waals surface area contributed by atoms with E-state index in [2.05, 4.69) is 5.32 Å². The van der Waals surface area contributed by atoms with E-state index in [0.717, 1.165) is 0 Å². The zero-order valence-electron chi connectivity index (χ0n) is 12.3. The summed E-state index contributed by atoms with van der Waals surface area (Å²) in [6.45, 7) is 0.136. The lowest BCUT2D eigenvalue weighted by molar-refractivity contribution is -0.143. The summed E-state index contributed by atoms with van der Waals surface area (Å²) in [5.74, 6) is -0.197. The summed E-state index contributed by atoms with van der Waals surface area (Å²) in [5.41, 5.74) is 0.492. The van der Waals surface area contributed by atoms with Gasteiger partial charge < -0.3 is 14.8 Å². The monoisotopic (exact) mass is 333 g/mol. The van der Waals surface area contributed by atoms with Gasteiger partial charge in [0, 0.05) is 10.6 Å². The minimum Gasteiger partial charge on any atom is -0.490 e. The molecule has 23 heavy (non-hydrogen) atoms. The van der Waals surface area contributed by atoms with Crippen LogP contribution in [0.4, 0.5) is 0 Å². The van der Waals surface area contributed by atoms with E-state index in [4.69, 9.17) is 21.1 Å². The van der Waals surface area contributed by atoms with Crippen LogP contribution in [0.5, 0.6) is 5.75 Å². The molecular formula is C17H16ClNO4. The number of halogens is 1. The lowest BCUT2D eigenvalue weighted by Gasteiger charge is -2.08. The van der Waals surface area contributed by atoms with E-state index in [0.29, 0.717) is 16.3 Å². The largest absolute Gasteiger partial charge is 0.490 e. The van der Waals surface area contributed by atoms with Crippen LogP contribution >= 0.6 is 11.6 Å². The van der Waals surface area contributed by atoms with Gasteiger partial charge in [0.1, 0.15) is 25.5 Å². The fourth-order valence-electron chi connectivity index (χ4n) is 1.74. The SMILES string of the molecule is O=C(CNC(=O)c1ccccc1)OCCOc1ccc(Cl)cc1. The molecule has 0 spiro atoms. The molecule has 0 aromatic heterocycles. The topological polar surface area (TPSA) is 64.6 Å². The van der Waals surface area contributed by atoms with E-state index in [1.54, 1.807) is 48.5 Å². The van der Waals surface area contributed by atoms with E-state index in [-0.39, 0.29) is 25.7 Å². The molecule has 0 unspecified atom stereocenters. The summed E-state index contributed by atoms with van der Waals surface area (Å²) in [5, 5.41) is 3.12. The molecule has 2 rings (SSSR count). The average Bonchev–Trinajstić information content (AvgIpc) is 2.59. The Bertz CT molecular complexity index is 643. The Hall–Kier alpha value is -2.53. The number of hydrogen-bond acceptors (Lipinski definition) is 4. The van der Waals surface area contributed by atoms with Gasteiger partial charge in [0.2, 0.25) is 0 Å². The Balaban J connectivity index is 1.62. The van der Waals surface area contributed by atoms with Crippen molar-refractivity contribution in [2.45, 2.75) is 0 Å². The van der Waals surface area contributed by atoms with Gasteiger partial charge in [-0.1, -0.05) is 29.8 Å². The molecule has 2 aromatic carbocycles. The van der Waals surface area contributed by atoms with Crippen LogP contribution in [0.25, 0.3) is 0 Å². The Morgan fingerprint density at radius 2 is 1.65 bits per heavy atom. The molecule has 0 aliphatic carbocycles. The van der Waals surface area contributed by atoms with Crippen LogP contribution in [0.15, 0.2) is 54.6 Å². The molecule has 6 heteroatoms. The van der Waals surface area contributed by atoms with Crippen molar-refractivity contribution < 1.29 is 19.1 Å². The Labute approximate surface area is 139 Å². The quantitative estimate of drug-likeness (QED) is 0.625. The maximum atomic E-state index is 11.7. The minimum atomic E-state index is -0.519. The summed E-state index contributed by atoms with van der Waals surface area (Å²) in [4.78, 5) is 23.3. The van der Waals surface area contributed by atoms with Crippen LogP contribution in [-0.4, -0.2) is 31.6 Å². The summed E-state index contributed by atoms with van der Waals surface area (Å²) in [7, 11) is 0. The van der Waals surface area contributed by atoms with Crippen LogP contribution in [-0.2, 0) is 9.53 Å². The van der Waals surface area contributed by atoms with Crippen molar-refractivity contribution in [3.8, 4) is 5.75 Å². The van der Waals surface area contributed by atoms with Crippen LogP contribution in [0.2, 0.25) is 5.02 Å². The van der Waals surface area contributed by atoms with E-state index >= 15 is 0 Å². The lowest BCUT2D eigenvalue weighted by Crippen LogP contribution is -2.31. The van der Waals surface area contributed by atoms with E-state index in [9.17, 15) is 9.59 Å². The molecule has 0 saturated heterocycles. The van der Waals surface area contributed by atoms with Crippen molar-refractivity contribution in [2.75, 3.05) is 19.8 Å². The number of benzene rings is 2. The second-order valence-electron chi connectivity index (χ2n) is 4.57. The van der Waals surface area contributed by atoms with Gasteiger partial charge in [0.05, 0.1) is 0 Å². The molecule has 0 radical (unpaired) electrons. The molecule has 0 heterocycles. The summed E-state index contributed by atoms with van der Waals surface area (Å²) in [6, 6.07) is 15.5. The molecule has 1 amide bonds. The molecule has 2 aromatic rings. The first-order chi connectivity index (χ1) is 11.1. The molecule has 0 aliphatic rings. The average molecular weight is 334 g/mol. The molecule has 0 aliphatic heterocycles. The Morgan fingerprint density at radius 3 is 2.35 bits per heavy atom. The number of amides is 1. The number of rotatable bonds is 7. The van der Waals surface area contributed by atoms with Crippen LogP contribution in [0.3, 0.4) is 0 Å². The van der Waals surface area contributed by atoms with Crippen molar-refractivity contribution in [3.05, 3.63) is 65.2 Å². The van der Waals surface area contributed by atoms with Gasteiger partial charge in [-0.25, -0.2) is 0 Å². The van der Waals surface area contributed by atoms with Crippen molar-refractivity contribution in [1.82, 2.24) is 5.32 Å². The van der Waals surface area contributed by atoms with Crippen molar-refractivity contribution in [1.29, 1.82) is 0 Å². The molecule has 0 atom stereocenters. The third-order valence-corrected chi connectivity index (χ3v) is 3.11. The summed E-state index contributed by atoms with van der Waals surface area (Å²) < 4.78 is 10.4. The van der Waals surface area contributed by atoms with Crippen molar-refractivity contribution in [2.24, 2.45) is 0 Å². The zero-order valence-corrected chi connectivity index (χ0v) is 13.1. The molecule has 120 valence electrons. The molecule has 0 saturated carbocycles. The number of esters is 1. The van der Waals surface area contributed by atoms with Gasteiger partial charge in [-0.05, 0) is 36.4 Å². The zero-order chi connectivity index (χ0) is 16.5. The Morgan fingerprint density at radius 1 is 0.957 bits per heavy atom. The number of carbonyl (C=O) groups is 2. The molecule has 0 fully saturated rings. The third kappa shape index (κ3) is 6.00. The predicted octanol–water partition coefficient (Wildman–Crippen LogP) is 2.69. The van der Waals surface area contributed by atoms with Gasteiger partial charge in [0.25, 0.3) is 5.91 Å². The van der Waals surface area contributed by atoms with Gasteiger partial charge >= 0.3 is 5.97 Å². The standard InChI is InChI=1S/C17H16ClNO4/c18-14-6-8-15(9-7-14)22-10-11-23-16(20)12-19-17(21)13-4-2-1-3-5-13/h1-9H,10-12H2,(H,19,21). The summed E-state index contributed by atoms with van der Waals surface area (Å²) in [6.07, 6.45) is 0. The smallest absolute Gasteiger partial charge is 0.325 e. The second-order valence-corrected chi connectivity index (χ2v) is 5.01. The first kappa shape index (κ1) is 16.8. The molecule has 5 nitrogen and oxygen atoms in total. The third-order valence-electron chi connectivity index (χ3n) is 2.86. The highest BCUT2D eigenvalue weighted by atomic mass is 35.5. The maximum Gasteiger partial charge on any atom is 0.325 e. The van der Waals surface area contributed by atoms with Gasteiger partial charge in [-0.15, -0.1) is 0 Å². The number of ether oxygens (including phenoxy) is 2. The van der Waals surface area contributed by atoms with Crippen molar-refractivity contribution >= 4 is 23.5 Å². The van der Waals surface area contributed by atoms with Crippen LogP contribution in [0.1, 0.15) is 10.4 Å². The van der Waals surface area contributed by atoms with E-state index < -0.39 is 5.97 Å². The lowest BCUT2D eigenvalue weighted by atomic mass is 10.2. The van der Waals surface area contributed by atoms with Crippen LogP contribution < -0.4 is 10.1 Å². The summed E-state index contributed by atoms with van der Waals surface area (Å²) >= 11 is 5.76. The van der Waals surface area contributed by atoms with Crippen LogP contribution in [0, 0.1) is 0 Å². The number of hydrogen-bond donors (Lipinski definition) is 1. The molecular weight excluding hydrogens is 318 g/mol. The minimum absolute atomic E-state index is 0.0999. The predicted molar refractivity (Wildman–Crippen MR) is 86.7 cm³/mol. The highest BCUT2D eigenvalue weighted by molar-refractivity contribution is 6.30. The van der Waals surface area contributed by atoms with Gasteiger partial charge in [-0.3, -0.25) is 9.59 Å². The van der Waals surface area contributed by atoms with Gasteiger partial charge in [-0.2, -0.15) is 0 Å². The first-order valence-electron chi connectivity index (χ1n) is 7.02. The highest BCUT2D eigenvalue weighted by Gasteiger charge is 2.08.